The topological polar surface area (TPSA) is 23.5 Å². The van der Waals surface area contributed by atoms with E-state index < -0.39 is 18.3 Å². The van der Waals surface area contributed by atoms with Crippen molar-refractivity contribution in [1.82, 2.24) is 4.90 Å². The Bertz CT molecular complexity index is 244. The average molecular weight is 237 g/mol. The Morgan fingerprint density at radius 2 is 1.75 bits per heavy atom. The monoisotopic (exact) mass is 237 g/mol. The second-order valence-corrected chi connectivity index (χ2v) is 5.18. The van der Waals surface area contributed by atoms with Gasteiger partial charge in [0.2, 0.25) is 0 Å². The number of alkyl halides is 3. The van der Waals surface area contributed by atoms with Gasteiger partial charge in [-0.25, -0.2) is 0 Å². The summed E-state index contributed by atoms with van der Waals surface area (Å²) in [5, 5.41) is 10.1. The molecule has 0 bridgehead atoms. The number of aliphatic hydroxyl groups is 1. The number of halogens is 3. The van der Waals surface area contributed by atoms with Gasteiger partial charge in [-0.3, -0.25) is 4.90 Å². The van der Waals surface area contributed by atoms with Crippen molar-refractivity contribution in [1.29, 1.82) is 0 Å². The maximum Gasteiger partial charge on any atom is 0.401 e. The van der Waals surface area contributed by atoms with E-state index in [0.717, 1.165) is 25.7 Å². The highest BCUT2D eigenvalue weighted by molar-refractivity contribution is 4.93. The van der Waals surface area contributed by atoms with Crippen molar-refractivity contribution in [3.63, 3.8) is 0 Å². The molecular weight excluding hydrogens is 219 g/mol. The molecule has 1 N–H and O–H groups in total. The molecule has 0 atom stereocenters. The highest BCUT2D eigenvalue weighted by Crippen LogP contribution is 2.36. The average Bonchev–Trinajstić information content (AvgIpc) is 2.88. The molecule has 0 spiro atoms. The summed E-state index contributed by atoms with van der Waals surface area (Å²) in [7, 11) is 0. The minimum atomic E-state index is -4.16. The van der Waals surface area contributed by atoms with E-state index in [4.69, 9.17) is 0 Å². The van der Waals surface area contributed by atoms with Crippen LogP contribution in [-0.4, -0.2) is 40.9 Å². The summed E-state index contributed by atoms with van der Waals surface area (Å²) in [4.78, 5) is 1.42. The Morgan fingerprint density at radius 1 is 1.19 bits per heavy atom. The second kappa shape index (κ2) is 4.18. The van der Waals surface area contributed by atoms with E-state index in [1.165, 1.54) is 4.90 Å². The zero-order valence-corrected chi connectivity index (χ0v) is 9.26. The van der Waals surface area contributed by atoms with Gasteiger partial charge in [-0.05, 0) is 25.7 Å². The highest BCUT2D eigenvalue weighted by Gasteiger charge is 2.42. The summed E-state index contributed by atoms with van der Waals surface area (Å²) in [6.07, 6.45) is 0.681. The lowest BCUT2D eigenvalue weighted by molar-refractivity contribution is -0.153. The van der Waals surface area contributed by atoms with E-state index in [-0.39, 0.29) is 12.6 Å². The Kier molecular flexibility index (Phi) is 3.18. The molecule has 2 fully saturated rings. The van der Waals surface area contributed by atoms with E-state index in [2.05, 4.69) is 0 Å². The van der Waals surface area contributed by atoms with Gasteiger partial charge in [0.25, 0.3) is 0 Å². The van der Waals surface area contributed by atoms with Crippen molar-refractivity contribution in [3.05, 3.63) is 0 Å². The van der Waals surface area contributed by atoms with E-state index >= 15 is 0 Å². The Balaban J connectivity index is 1.92. The quantitative estimate of drug-likeness (QED) is 0.811. The number of hydrogen-bond donors (Lipinski definition) is 1. The first-order valence-corrected chi connectivity index (χ1v) is 5.91. The number of nitrogens with zero attached hydrogens (tertiary/aromatic N) is 1. The third-order valence-corrected chi connectivity index (χ3v) is 3.48. The fourth-order valence-corrected chi connectivity index (χ4v) is 2.55. The van der Waals surface area contributed by atoms with E-state index in [9.17, 15) is 18.3 Å². The zero-order chi connectivity index (χ0) is 11.8. The largest absolute Gasteiger partial charge is 0.401 e. The van der Waals surface area contributed by atoms with Crippen LogP contribution >= 0.6 is 0 Å². The summed E-state index contributed by atoms with van der Waals surface area (Å²) < 4.78 is 37.1. The maximum absolute atomic E-state index is 12.4. The lowest BCUT2D eigenvalue weighted by atomic mass is 10.0. The van der Waals surface area contributed by atoms with Crippen molar-refractivity contribution >= 4 is 0 Å². The van der Waals surface area contributed by atoms with Crippen molar-refractivity contribution in [2.45, 2.75) is 56.3 Å². The molecular formula is C11H18F3NO. The second-order valence-electron chi connectivity index (χ2n) is 5.18. The van der Waals surface area contributed by atoms with Crippen LogP contribution in [0.5, 0.6) is 0 Å². The SMILES string of the molecule is OC1(CN(CC(F)(F)F)C2CC2)CCCC1. The fourth-order valence-electron chi connectivity index (χ4n) is 2.55. The lowest BCUT2D eigenvalue weighted by Gasteiger charge is -2.31. The van der Waals surface area contributed by atoms with Gasteiger partial charge in [0.1, 0.15) is 0 Å². The van der Waals surface area contributed by atoms with Crippen LogP contribution < -0.4 is 0 Å². The van der Waals surface area contributed by atoms with Gasteiger partial charge in [0, 0.05) is 12.6 Å². The van der Waals surface area contributed by atoms with Crippen LogP contribution in [0.2, 0.25) is 0 Å². The standard InChI is InChI=1S/C11H18F3NO/c12-11(13,14)8-15(9-3-4-9)7-10(16)5-1-2-6-10/h9,16H,1-8H2. The van der Waals surface area contributed by atoms with Crippen molar-refractivity contribution in [2.24, 2.45) is 0 Å². The van der Waals surface area contributed by atoms with Crippen molar-refractivity contribution in [2.75, 3.05) is 13.1 Å². The molecule has 2 nitrogen and oxygen atoms in total. The molecule has 94 valence electrons. The molecule has 16 heavy (non-hydrogen) atoms. The summed E-state index contributed by atoms with van der Waals surface area (Å²) in [5.74, 6) is 0. The Morgan fingerprint density at radius 3 is 2.19 bits per heavy atom. The van der Waals surface area contributed by atoms with Gasteiger partial charge in [-0.15, -0.1) is 0 Å². The predicted octanol–water partition coefficient (Wildman–Crippen LogP) is 2.32. The van der Waals surface area contributed by atoms with Gasteiger partial charge in [-0.2, -0.15) is 13.2 Å². The Hall–Kier alpha value is -0.290. The molecule has 2 aliphatic carbocycles. The third-order valence-electron chi connectivity index (χ3n) is 3.48. The summed E-state index contributed by atoms with van der Waals surface area (Å²) in [5.41, 5.74) is -0.867. The molecule has 0 aromatic rings. The summed E-state index contributed by atoms with van der Waals surface area (Å²) in [6.45, 7) is -0.683. The fraction of sp³-hybridized carbons (Fsp3) is 1.00. The first-order valence-electron chi connectivity index (χ1n) is 5.91. The van der Waals surface area contributed by atoms with Gasteiger partial charge < -0.3 is 5.11 Å². The molecule has 2 rings (SSSR count). The summed E-state index contributed by atoms with van der Waals surface area (Å²) >= 11 is 0. The van der Waals surface area contributed by atoms with Gasteiger partial charge in [0.15, 0.2) is 0 Å². The van der Waals surface area contributed by atoms with Crippen molar-refractivity contribution < 1.29 is 18.3 Å². The Labute approximate surface area is 93.4 Å². The molecule has 0 aromatic carbocycles. The van der Waals surface area contributed by atoms with E-state index in [1.807, 2.05) is 0 Å². The van der Waals surface area contributed by atoms with Crippen LogP contribution in [0, 0.1) is 0 Å². The van der Waals surface area contributed by atoms with Crippen LogP contribution in [0.4, 0.5) is 13.2 Å². The van der Waals surface area contributed by atoms with E-state index in [1.54, 1.807) is 0 Å². The molecule has 2 aliphatic rings. The van der Waals surface area contributed by atoms with Crippen LogP contribution in [-0.2, 0) is 0 Å². The lowest BCUT2D eigenvalue weighted by Crippen LogP contribution is -2.46. The van der Waals surface area contributed by atoms with Crippen LogP contribution in [0.25, 0.3) is 0 Å². The molecule has 0 aromatic heterocycles. The van der Waals surface area contributed by atoms with Gasteiger partial charge in [0.05, 0.1) is 12.1 Å². The molecule has 0 heterocycles. The first kappa shape index (κ1) is 12.2. The smallest absolute Gasteiger partial charge is 0.389 e. The first-order chi connectivity index (χ1) is 7.38. The normalized spacial score (nSPS) is 25.3. The molecule has 0 aliphatic heterocycles. The van der Waals surface area contributed by atoms with Crippen LogP contribution in [0.3, 0.4) is 0 Å². The summed E-state index contributed by atoms with van der Waals surface area (Å²) in [6, 6.07) is 0.0475. The molecule has 0 radical (unpaired) electrons. The molecule has 0 amide bonds. The highest BCUT2D eigenvalue weighted by atomic mass is 19.4. The molecule has 2 saturated carbocycles. The van der Waals surface area contributed by atoms with Crippen LogP contribution in [0.15, 0.2) is 0 Å². The molecule has 0 unspecified atom stereocenters. The van der Waals surface area contributed by atoms with Gasteiger partial charge in [-0.1, -0.05) is 12.8 Å². The minimum Gasteiger partial charge on any atom is -0.389 e. The minimum absolute atomic E-state index is 0.0475. The van der Waals surface area contributed by atoms with Gasteiger partial charge >= 0.3 is 6.18 Å². The number of hydrogen-bond acceptors (Lipinski definition) is 2. The number of rotatable bonds is 4. The molecule has 0 saturated heterocycles. The molecule has 5 heteroatoms. The van der Waals surface area contributed by atoms with Crippen LogP contribution in [0.1, 0.15) is 38.5 Å². The van der Waals surface area contributed by atoms with E-state index in [0.29, 0.717) is 12.8 Å². The maximum atomic E-state index is 12.4. The zero-order valence-electron chi connectivity index (χ0n) is 9.26. The third kappa shape index (κ3) is 3.35. The predicted molar refractivity (Wildman–Crippen MR) is 54.1 cm³/mol. The van der Waals surface area contributed by atoms with Crippen molar-refractivity contribution in [3.8, 4) is 0 Å².